The van der Waals surface area contributed by atoms with Crippen LogP contribution in [-0.4, -0.2) is 17.0 Å². The fourth-order valence-electron chi connectivity index (χ4n) is 2.83. The standard InChI is InChI=1S/C18H14F3NO4/c1-17(11-5-3-2-4-6-11)16(25)22-13-7-10(8-15(23)24)12(18(19,20)21)9-14(13)26-17/h2-7,9H,8H2,1H3,(H,22,25)(H,23,24). The number of benzene rings is 2. The quantitative estimate of drug-likeness (QED) is 0.872. The third-order valence-corrected chi connectivity index (χ3v) is 4.17. The summed E-state index contributed by atoms with van der Waals surface area (Å²) < 4.78 is 45.6. The highest BCUT2D eigenvalue weighted by atomic mass is 19.4. The van der Waals surface area contributed by atoms with E-state index in [-0.39, 0.29) is 11.4 Å². The Labute approximate surface area is 146 Å². The third-order valence-electron chi connectivity index (χ3n) is 4.17. The van der Waals surface area contributed by atoms with Crippen LogP contribution in [0.5, 0.6) is 5.75 Å². The fourth-order valence-corrected chi connectivity index (χ4v) is 2.83. The van der Waals surface area contributed by atoms with Gasteiger partial charge in [0, 0.05) is 5.56 Å². The van der Waals surface area contributed by atoms with E-state index in [1.807, 2.05) is 0 Å². The maximum atomic E-state index is 13.3. The Morgan fingerprint density at radius 2 is 1.88 bits per heavy atom. The summed E-state index contributed by atoms with van der Waals surface area (Å²) in [5.41, 5.74) is -2.58. The van der Waals surface area contributed by atoms with E-state index in [2.05, 4.69) is 5.32 Å². The summed E-state index contributed by atoms with van der Waals surface area (Å²) in [4.78, 5) is 23.4. The van der Waals surface area contributed by atoms with E-state index in [9.17, 15) is 22.8 Å². The molecular formula is C18H14F3NO4. The van der Waals surface area contributed by atoms with Gasteiger partial charge in [0.05, 0.1) is 17.7 Å². The largest absolute Gasteiger partial charge is 0.481 e. The Hall–Kier alpha value is -3.03. The molecule has 1 unspecified atom stereocenters. The molecule has 26 heavy (non-hydrogen) atoms. The Morgan fingerprint density at radius 1 is 1.23 bits per heavy atom. The van der Waals surface area contributed by atoms with Gasteiger partial charge in [0.2, 0.25) is 5.60 Å². The van der Waals surface area contributed by atoms with Crippen molar-refractivity contribution < 1.29 is 32.6 Å². The first kappa shape index (κ1) is 17.8. The number of alkyl halides is 3. The zero-order valence-electron chi connectivity index (χ0n) is 13.6. The average Bonchev–Trinajstić information content (AvgIpc) is 2.55. The number of carbonyl (C=O) groups is 2. The molecule has 0 bridgehead atoms. The van der Waals surface area contributed by atoms with Crippen molar-refractivity contribution >= 4 is 17.6 Å². The molecule has 0 fully saturated rings. The molecule has 2 N–H and O–H groups in total. The fraction of sp³-hybridized carbons (Fsp3) is 0.222. The van der Waals surface area contributed by atoms with Crippen molar-refractivity contribution in [1.82, 2.24) is 0 Å². The van der Waals surface area contributed by atoms with Crippen molar-refractivity contribution in [3.05, 3.63) is 59.2 Å². The molecule has 136 valence electrons. The highest BCUT2D eigenvalue weighted by Gasteiger charge is 2.43. The number of amides is 1. The highest BCUT2D eigenvalue weighted by molar-refractivity contribution is 6.01. The lowest BCUT2D eigenvalue weighted by molar-refractivity contribution is -0.139. The lowest BCUT2D eigenvalue weighted by atomic mass is 9.92. The number of aliphatic carboxylic acids is 1. The Balaban J connectivity index is 2.11. The topological polar surface area (TPSA) is 75.6 Å². The smallest absolute Gasteiger partial charge is 0.416 e. The summed E-state index contributed by atoms with van der Waals surface area (Å²) in [6.45, 7) is 1.46. The van der Waals surface area contributed by atoms with Crippen LogP contribution in [0.1, 0.15) is 23.6 Å². The summed E-state index contributed by atoms with van der Waals surface area (Å²) in [5, 5.41) is 11.4. The molecule has 1 atom stereocenters. The first-order chi connectivity index (χ1) is 12.1. The highest BCUT2D eigenvalue weighted by Crippen LogP contribution is 2.43. The number of carbonyl (C=O) groups excluding carboxylic acids is 1. The SMILES string of the molecule is CC1(c2ccccc2)Oc2cc(C(F)(F)F)c(CC(=O)O)cc2NC1=O. The van der Waals surface area contributed by atoms with E-state index in [4.69, 9.17) is 9.84 Å². The van der Waals surface area contributed by atoms with Crippen molar-refractivity contribution in [2.75, 3.05) is 5.32 Å². The van der Waals surface area contributed by atoms with Crippen molar-refractivity contribution in [1.29, 1.82) is 0 Å². The molecule has 0 saturated carbocycles. The van der Waals surface area contributed by atoms with Gasteiger partial charge in [-0.3, -0.25) is 9.59 Å². The number of hydrogen-bond acceptors (Lipinski definition) is 3. The summed E-state index contributed by atoms with van der Waals surface area (Å²) in [5.74, 6) is -2.14. The summed E-state index contributed by atoms with van der Waals surface area (Å²) >= 11 is 0. The molecule has 1 aliphatic rings. The number of fused-ring (bicyclic) bond motifs is 1. The van der Waals surface area contributed by atoms with Crippen LogP contribution in [0.3, 0.4) is 0 Å². The number of nitrogens with one attached hydrogen (secondary N) is 1. The molecule has 8 heteroatoms. The van der Waals surface area contributed by atoms with Crippen molar-refractivity contribution in [2.45, 2.75) is 25.1 Å². The van der Waals surface area contributed by atoms with Crippen molar-refractivity contribution in [2.24, 2.45) is 0 Å². The minimum Gasteiger partial charge on any atom is -0.481 e. The normalized spacial score (nSPS) is 19.3. The first-order valence-corrected chi connectivity index (χ1v) is 7.63. The van der Waals surface area contributed by atoms with Crippen LogP contribution in [0.4, 0.5) is 18.9 Å². The predicted octanol–water partition coefficient (Wildman–Crippen LogP) is 3.58. The number of hydrogen-bond donors (Lipinski definition) is 2. The van der Waals surface area contributed by atoms with Crippen LogP contribution in [0.15, 0.2) is 42.5 Å². The van der Waals surface area contributed by atoms with Crippen LogP contribution in [0.2, 0.25) is 0 Å². The average molecular weight is 365 g/mol. The Kier molecular flexibility index (Phi) is 4.14. The van der Waals surface area contributed by atoms with Crippen LogP contribution < -0.4 is 10.1 Å². The van der Waals surface area contributed by atoms with Crippen LogP contribution in [-0.2, 0) is 27.8 Å². The maximum Gasteiger partial charge on any atom is 0.416 e. The lowest BCUT2D eigenvalue weighted by Gasteiger charge is -2.35. The minimum absolute atomic E-state index is 0.00709. The second-order valence-corrected chi connectivity index (χ2v) is 6.03. The van der Waals surface area contributed by atoms with Crippen molar-refractivity contribution in [3.8, 4) is 5.75 Å². The molecular weight excluding hydrogens is 351 g/mol. The molecule has 1 amide bonds. The molecule has 3 rings (SSSR count). The molecule has 0 aromatic heterocycles. The number of ether oxygens (including phenoxy) is 1. The van der Waals surface area contributed by atoms with Gasteiger partial charge in [-0.2, -0.15) is 13.2 Å². The Bertz CT molecular complexity index is 880. The van der Waals surface area contributed by atoms with E-state index >= 15 is 0 Å². The second-order valence-electron chi connectivity index (χ2n) is 6.03. The van der Waals surface area contributed by atoms with Gasteiger partial charge in [-0.05, 0) is 24.6 Å². The molecule has 2 aromatic carbocycles. The van der Waals surface area contributed by atoms with Crippen LogP contribution in [0, 0.1) is 0 Å². The molecule has 0 aliphatic carbocycles. The lowest BCUT2D eigenvalue weighted by Crippen LogP contribution is -2.46. The number of carboxylic acids is 1. The monoisotopic (exact) mass is 365 g/mol. The van der Waals surface area contributed by atoms with E-state index in [0.717, 1.165) is 12.1 Å². The van der Waals surface area contributed by atoms with Crippen LogP contribution in [0.25, 0.3) is 0 Å². The van der Waals surface area contributed by atoms with Gasteiger partial charge < -0.3 is 15.2 Å². The number of rotatable bonds is 3. The van der Waals surface area contributed by atoms with Gasteiger partial charge >= 0.3 is 12.1 Å². The first-order valence-electron chi connectivity index (χ1n) is 7.63. The number of anilines is 1. The van der Waals surface area contributed by atoms with E-state index < -0.39 is 41.2 Å². The van der Waals surface area contributed by atoms with Gasteiger partial charge in [0.15, 0.2) is 0 Å². The molecule has 5 nitrogen and oxygen atoms in total. The van der Waals surface area contributed by atoms with Gasteiger partial charge in [-0.1, -0.05) is 30.3 Å². The van der Waals surface area contributed by atoms with Gasteiger partial charge in [0.25, 0.3) is 5.91 Å². The molecule has 0 spiro atoms. The number of halogens is 3. The van der Waals surface area contributed by atoms with Gasteiger partial charge in [-0.15, -0.1) is 0 Å². The second kappa shape index (κ2) is 6.05. The summed E-state index contributed by atoms with van der Waals surface area (Å²) in [7, 11) is 0. The Morgan fingerprint density at radius 3 is 2.46 bits per heavy atom. The molecule has 0 radical (unpaired) electrons. The van der Waals surface area contributed by atoms with E-state index in [1.54, 1.807) is 30.3 Å². The third kappa shape index (κ3) is 3.10. The molecule has 1 heterocycles. The number of carboxylic acid groups (broad SMARTS) is 1. The van der Waals surface area contributed by atoms with Crippen molar-refractivity contribution in [3.63, 3.8) is 0 Å². The summed E-state index contributed by atoms with van der Waals surface area (Å²) in [6, 6.07) is 10.1. The molecule has 1 aliphatic heterocycles. The minimum atomic E-state index is -4.76. The van der Waals surface area contributed by atoms with E-state index in [1.165, 1.54) is 6.92 Å². The van der Waals surface area contributed by atoms with Gasteiger partial charge in [-0.25, -0.2) is 0 Å². The van der Waals surface area contributed by atoms with E-state index in [0.29, 0.717) is 5.56 Å². The zero-order valence-corrected chi connectivity index (χ0v) is 13.6. The molecule has 2 aromatic rings. The summed E-state index contributed by atoms with van der Waals surface area (Å²) in [6.07, 6.45) is -5.58. The predicted molar refractivity (Wildman–Crippen MR) is 85.8 cm³/mol. The van der Waals surface area contributed by atoms with Gasteiger partial charge in [0.1, 0.15) is 5.75 Å². The zero-order chi connectivity index (χ0) is 19.1. The maximum absolute atomic E-state index is 13.3. The molecule has 0 saturated heterocycles. The van der Waals surface area contributed by atoms with Crippen LogP contribution >= 0.6 is 0 Å².